The molecule has 0 bridgehead atoms. The Labute approximate surface area is 132 Å². The van der Waals surface area contributed by atoms with Crippen LogP contribution in [0.5, 0.6) is 0 Å². The van der Waals surface area contributed by atoms with E-state index < -0.39 is 5.97 Å². The molecule has 2 aromatic heterocycles. The zero-order valence-electron chi connectivity index (χ0n) is 13.0. The van der Waals surface area contributed by atoms with E-state index in [1.165, 1.54) is 12.1 Å². The molecule has 0 saturated heterocycles. The van der Waals surface area contributed by atoms with Crippen LogP contribution in [0.15, 0.2) is 24.5 Å². The monoisotopic (exact) mass is 321 g/mol. The smallest absolute Gasteiger partial charge is 0.345 e. The summed E-state index contributed by atoms with van der Waals surface area (Å²) in [4.78, 5) is 23.8. The van der Waals surface area contributed by atoms with Crippen LogP contribution in [0, 0.1) is 5.41 Å². The maximum atomic E-state index is 12.4. The molecule has 0 radical (unpaired) electrons. The Hall–Kier alpha value is -2.15. The minimum atomic E-state index is -1.02. The van der Waals surface area contributed by atoms with Crippen molar-refractivity contribution in [2.45, 2.75) is 26.8 Å². The number of aryl methyl sites for hydroxylation is 1. The van der Waals surface area contributed by atoms with Gasteiger partial charge in [-0.1, -0.05) is 20.8 Å². The Balaban J connectivity index is 2.23. The van der Waals surface area contributed by atoms with Gasteiger partial charge in [-0.05, 0) is 17.5 Å². The quantitative estimate of drug-likeness (QED) is 0.907. The van der Waals surface area contributed by atoms with Crippen molar-refractivity contribution in [2.75, 3.05) is 0 Å². The lowest BCUT2D eigenvalue weighted by atomic mass is 9.83. The fraction of sp³-hybridized carbons (Fsp3) is 0.400. The first-order valence-corrected chi connectivity index (χ1v) is 7.62. The molecule has 2 N–H and O–H groups in total. The zero-order valence-corrected chi connectivity index (χ0v) is 13.8. The molecule has 0 saturated carbocycles. The van der Waals surface area contributed by atoms with Crippen LogP contribution in [0.4, 0.5) is 0 Å². The largest absolute Gasteiger partial charge is 0.477 e. The van der Waals surface area contributed by atoms with E-state index in [1.54, 1.807) is 10.9 Å². The molecule has 0 aliphatic carbocycles. The number of carboxylic acid groups (broad SMARTS) is 1. The third-order valence-corrected chi connectivity index (χ3v) is 4.31. The Morgan fingerprint density at radius 2 is 1.95 bits per heavy atom. The Morgan fingerprint density at radius 3 is 2.41 bits per heavy atom. The van der Waals surface area contributed by atoms with Gasteiger partial charge in [-0.3, -0.25) is 9.48 Å². The number of amides is 1. The molecule has 0 aromatic carbocycles. The third-order valence-electron chi connectivity index (χ3n) is 3.24. The summed E-state index contributed by atoms with van der Waals surface area (Å²) < 4.78 is 1.69. The summed E-state index contributed by atoms with van der Waals surface area (Å²) in [7, 11) is 1.82. The Morgan fingerprint density at radius 1 is 1.32 bits per heavy atom. The van der Waals surface area contributed by atoms with Crippen molar-refractivity contribution in [1.29, 1.82) is 0 Å². The molecule has 2 heterocycles. The van der Waals surface area contributed by atoms with Crippen molar-refractivity contribution in [2.24, 2.45) is 12.5 Å². The first-order valence-electron chi connectivity index (χ1n) is 6.81. The summed E-state index contributed by atoms with van der Waals surface area (Å²) in [5, 5.41) is 16.1. The highest BCUT2D eigenvalue weighted by molar-refractivity contribution is 7.15. The van der Waals surface area contributed by atoms with Crippen molar-refractivity contribution in [3.8, 4) is 0 Å². The van der Waals surface area contributed by atoms with Crippen LogP contribution in [0.2, 0.25) is 0 Å². The number of hydrogen-bond donors (Lipinski definition) is 2. The summed E-state index contributed by atoms with van der Waals surface area (Å²) in [6.45, 7) is 6.09. The third kappa shape index (κ3) is 3.54. The van der Waals surface area contributed by atoms with Crippen molar-refractivity contribution >= 4 is 23.2 Å². The molecule has 1 amide bonds. The maximum absolute atomic E-state index is 12.4. The fourth-order valence-electron chi connectivity index (χ4n) is 2.17. The summed E-state index contributed by atoms with van der Waals surface area (Å²) in [5.74, 6) is -1.30. The van der Waals surface area contributed by atoms with Crippen molar-refractivity contribution in [3.05, 3.63) is 39.8 Å². The number of rotatable bonds is 4. The second-order valence-electron chi connectivity index (χ2n) is 6.19. The van der Waals surface area contributed by atoms with Crippen LogP contribution in [-0.4, -0.2) is 26.8 Å². The van der Waals surface area contributed by atoms with E-state index in [4.69, 9.17) is 5.11 Å². The molecule has 0 aliphatic rings. The van der Waals surface area contributed by atoms with E-state index >= 15 is 0 Å². The number of carbonyl (C=O) groups is 2. The summed E-state index contributed by atoms with van der Waals surface area (Å²) in [6, 6.07) is 2.76. The number of thiophene rings is 1. The standard InChI is InChI=1S/C15H19N3O3S/c1-15(2,3)12(9-7-16-18(4)8-9)17-13(19)10-5-6-11(22-10)14(20)21/h5-8,12H,1-4H3,(H,17,19)(H,20,21). The lowest BCUT2D eigenvalue weighted by Gasteiger charge is -2.30. The van der Waals surface area contributed by atoms with E-state index in [0.29, 0.717) is 4.88 Å². The molecule has 7 heteroatoms. The van der Waals surface area contributed by atoms with Crippen LogP contribution >= 0.6 is 11.3 Å². The lowest BCUT2D eigenvalue weighted by molar-refractivity contribution is 0.0702. The number of nitrogens with zero attached hydrogens (tertiary/aromatic N) is 2. The van der Waals surface area contributed by atoms with Gasteiger partial charge in [0.25, 0.3) is 5.91 Å². The van der Waals surface area contributed by atoms with E-state index in [1.807, 2.05) is 34.0 Å². The van der Waals surface area contributed by atoms with Gasteiger partial charge in [0, 0.05) is 18.8 Å². The average Bonchev–Trinajstić information content (AvgIpc) is 3.02. The van der Waals surface area contributed by atoms with Gasteiger partial charge in [0.1, 0.15) is 4.88 Å². The van der Waals surface area contributed by atoms with Gasteiger partial charge >= 0.3 is 5.97 Å². The van der Waals surface area contributed by atoms with Crippen molar-refractivity contribution in [3.63, 3.8) is 0 Å². The molecule has 6 nitrogen and oxygen atoms in total. The van der Waals surface area contributed by atoms with Gasteiger partial charge in [0.15, 0.2) is 0 Å². The van der Waals surface area contributed by atoms with E-state index in [0.717, 1.165) is 16.9 Å². The zero-order chi connectivity index (χ0) is 16.5. The molecule has 2 aromatic rings. The molecular formula is C15H19N3O3S. The normalized spacial score (nSPS) is 12.9. The van der Waals surface area contributed by atoms with Crippen LogP contribution in [0.3, 0.4) is 0 Å². The number of nitrogens with one attached hydrogen (secondary N) is 1. The topological polar surface area (TPSA) is 84.2 Å². The highest BCUT2D eigenvalue weighted by atomic mass is 32.1. The summed E-state index contributed by atoms with van der Waals surface area (Å²) in [6.07, 6.45) is 3.60. The van der Waals surface area contributed by atoms with Gasteiger partial charge < -0.3 is 10.4 Å². The molecular weight excluding hydrogens is 302 g/mol. The molecule has 0 fully saturated rings. The minimum Gasteiger partial charge on any atom is -0.477 e. The van der Waals surface area contributed by atoms with E-state index in [9.17, 15) is 9.59 Å². The summed E-state index contributed by atoms with van der Waals surface area (Å²) >= 11 is 0.970. The first kappa shape index (κ1) is 16.2. The second kappa shape index (κ2) is 5.92. The number of carbonyl (C=O) groups excluding carboxylic acids is 1. The molecule has 22 heavy (non-hydrogen) atoms. The molecule has 2 rings (SSSR count). The summed E-state index contributed by atoms with van der Waals surface area (Å²) in [5.41, 5.74) is 0.712. The van der Waals surface area contributed by atoms with Crippen molar-refractivity contribution < 1.29 is 14.7 Å². The number of aromatic nitrogens is 2. The van der Waals surface area contributed by atoms with Crippen LogP contribution in [0.1, 0.15) is 51.7 Å². The minimum absolute atomic E-state index is 0.152. The van der Waals surface area contributed by atoms with Crippen molar-refractivity contribution in [1.82, 2.24) is 15.1 Å². The van der Waals surface area contributed by atoms with Crippen LogP contribution < -0.4 is 5.32 Å². The van der Waals surface area contributed by atoms with Gasteiger partial charge in [-0.15, -0.1) is 11.3 Å². The highest BCUT2D eigenvalue weighted by Crippen LogP contribution is 2.33. The predicted octanol–water partition coefficient (Wildman–Crippen LogP) is 2.70. The van der Waals surface area contributed by atoms with Gasteiger partial charge in [0.05, 0.1) is 17.1 Å². The number of carboxylic acids is 1. The molecule has 118 valence electrons. The predicted molar refractivity (Wildman–Crippen MR) is 84.1 cm³/mol. The lowest BCUT2D eigenvalue weighted by Crippen LogP contribution is -2.36. The SMILES string of the molecule is Cn1cc(C(NC(=O)c2ccc(C(=O)O)s2)C(C)(C)C)cn1. The second-order valence-corrected chi connectivity index (χ2v) is 7.27. The van der Waals surface area contributed by atoms with Crippen LogP contribution in [0.25, 0.3) is 0 Å². The molecule has 1 atom stereocenters. The van der Waals surface area contributed by atoms with Gasteiger partial charge in [-0.25, -0.2) is 4.79 Å². The maximum Gasteiger partial charge on any atom is 0.345 e. The number of aromatic carboxylic acids is 1. The highest BCUT2D eigenvalue weighted by Gasteiger charge is 2.29. The Bertz CT molecular complexity index is 697. The Kier molecular flexibility index (Phi) is 4.37. The first-order chi connectivity index (χ1) is 10.2. The average molecular weight is 321 g/mol. The van der Waals surface area contributed by atoms with Crippen LogP contribution in [-0.2, 0) is 7.05 Å². The number of hydrogen-bond acceptors (Lipinski definition) is 4. The fourth-order valence-corrected chi connectivity index (χ4v) is 2.91. The van der Waals surface area contributed by atoms with E-state index in [-0.39, 0.29) is 22.2 Å². The van der Waals surface area contributed by atoms with E-state index in [2.05, 4.69) is 10.4 Å². The molecule has 0 spiro atoms. The molecule has 0 aliphatic heterocycles. The van der Waals surface area contributed by atoms with Gasteiger partial charge in [0.2, 0.25) is 0 Å². The van der Waals surface area contributed by atoms with Gasteiger partial charge in [-0.2, -0.15) is 5.10 Å². The molecule has 1 unspecified atom stereocenters.